The maximum Gasteiger partial charge on any atom is 0.317 e. The van der Waals surface area contributed by atoms with Gasteiger partial charge in [0.2, 0.25) is 0 Å². The second-order valence-corrected chi connectivity index (χ2v) is 6.87. The molecule has 0 radical (unpaired) electrons. The van der Waals surface area contributed by atoms with Crippen molar-refractivity contribution >= 4 is 6.03 Å². The Morgan fingerprint density at radius 3 is 2.81 bits per heavy atom. The molecule has 0 atom stereocenters. The first-order chi connectivity index (χ1) is 12.6. The molecule has 0 spiro atoms. The summed E-state index contributed by atoms with van der Waals surface area (Å²) in [4.78, 5) is 16.2. The standard InChI is InChI=1S/C21H26FN3O/c1-24(15-17-6-4-9-20(22)14-17)21(26)23-11-5-12-25-13-10-18-7-2-3-8-19(18)16-25/h2-4,6-9,14H,5,10-13,15-16H2,1H3,(H,23,26). The number of urea groups is 1. The minimum absolute atomic E-state index is 0.127. The second kappa shape index (κ2) is 8.81. The fraction of sp³-hybridized carbons (Fsp3) is 0.381. The highest BCUT2D eigenvalue weighted by molar-refractivity contribution is 5.73. The van der Waals surface area contributed by atoms with E-state index in [1.165, 1.54) is 23.3 Å². The number of carbonyl (C=O) groups excluding carboxylic acids is 1. The monoisotopic (exact) mass is 355 g/mol. The van der Waals surface area contributed by atoms with E-state index in [9.17, 15) is 9.18 Å². The lowest BCUT2D eigenvalue weighted by atomic mass is 10.00. The van der Waals surface area contributed by atoms with Crippen LogP contribution in [-0.4, -0.2) is 42.5 Å². The lowest BCUT2D eigenvalue weighted by molar-refractivity contribution is 0.204. The molecule has 26 heavy (non-hydrogen) atoms. The van der Waals surface area contributed by atoms with Crippen LogP contribution in [0.5, 0.6) is 0 Å². The summed E-state index contributed by atoms with van der Waals surface area (Å²) in [5.74, 6) is -0.278. The number of nitrogens with zero attached hydrogens (tertiary/aromatic N) is 2. The van der Waals surface area contributed by atoms with Gasteiger partial charge in [-0.25, -0.2) is 9.18 Å². The Hall–Kier alpha value is -2.40. The molecule has 0 aromatic heterocycles. The van der Waals surface area contributed by atoms with Crippen molar-refractivity contribution in [1.29, 1.82) is 0 Å². The molecule has 3 rings (SSSR count). The van der Waals surface area contributed by atoms with E-state index in [0.717, 1.165) is 38.0 Å². The first-order valence-corrected chi connectivity index (χ1v) is 9.14. The molecule has 2 aromatic rings. The minimum atomic E-state index is -0.278. The van der Waals surface area contributed by atoms with Crippen LogP contribution in [0.15, 0.2) is 48.5 Å². The fourth-order valence-electron chi connectivity index (χ4n) is 3.36. The summed E-state index contributed by atoms with van der Waals surface area (Å²) in [6, 6.07) is 14.8. The van der Waals surface area contributed by atoms with E-state index in [2.05, 4.69) is 34.5 Å². The molecule has 0 unspecified atom stereocenters. The highest BCUT2D eigenvalue weighted by atomic mass is 19.1. The van der Waals surface area contributed by atoms with Crippen LogP contribution in [0.2, 0.25) is 0 Å². The summed E-state index contributed by atoms with van der Waals surface area (Å²) >= 11 is 0. The summed E-state index contributed by atoms with van der Waals surface area (Å²) in [5.41, 5.74) is 3.66. The Morgan fingerprint density at radius 2 is 2.00 bits per heavy atom. The van der Waals surface area contributed by atoms with Crippen molar-refractivity contribution in [1.82, 2.24) is 15.1 Å². The SMILES string of the molecule is CN(Cc1cccc(F)c1)C(=O)NCCCN1CCc2ccccc2C1. The highest BCUT2D eigenvalue weighted by Crippen LogP contribution is 2.18. The minimum Gasteiger partial charge on any atom is -0.338 e. The van der Waals surface area contributed by atoms with Crippen molar-refractivity contribution in [2.75, 3.05) is 26.7 Å². The van der Waals surface area contributed by atoms with Crippen LogP contribution in [0, 0.1) is 5.82 Å². The number of halogens is 1. The van der Waals surface area contributed by atoms with E-state index in [4.69, 9.17) is 0 Å². The van der Waals surface area contributed by atoms with Crippen LogP contribution in [0.4, 0.5) is 9.18 Å². The summed E-state index contributed by atoms with van der Waals surface area (Å²) in [7, 11) is 1.72. The third-order valence-corrected chi connectivity index (χ3v) is 4.79. The molecule has 2 amide bonds. The van der Waals surface area contributed by atoms with E-state index < -0.39 is 0 Å². The van der Waals surface area contributed by atoms with E-state index in [1.54, 1.807) is 18.0 Å². The number of nitrogens with one attached hydrogen (secondary N) is 1. The first-order valence-electron chi connectivity index (χ1n) is 9.14. The van der Waals surface area contributed by atoms with Crippen LogP contribution in [0.3, 0.4) is 0 Å². The lowest BCUT2D eigenvalue weighted by Gasteiger charge is -2.28. The molecule has 2 aromatic carbocycles. The zero-order valence-corrected chi connectivity index (χ0v) is 15.2. The number of rotatable bonds is 6. The molecule has 0 aliphatic carbocycles. The fourth-order valence-corrected chi connectivity index (χ4v) is 3.36. The van der Waals surface area contributed by atoms with Crippen molar-refractivity contribution < 1.29 is 9.18 Å². The molecule has 0 fully saturated rings. The lowest BCUT2D eigenvalue weighted by Crippen LogP contribution is -2.38. The molecule has 0 saturated carbocycles. The first kappa shape index (κ1) is 18.4. The number of fused-ring (bicyclic) bond motifs is 1. The van der Waals surface area contributed by atoms with Gasteiger partial charge in [0.15, 0.2) is 0 Å². The molecule has 4 nitrogen and oxygen atoms in total. The van der Waals surface area contributed by atoms with E-state index in [0.29, 0.717) is 13.1 Å². The van der Waals surface area contributed by atoms with Gasteiger partial charge in [0.25, 0.3) is 0 Å². The third kappa shape index (κ3) is 5.05. The number of amides is 2. The van der Waals surface area contributed by atoms with Gasteiger partial charge in [-0.05, 0) is 41.7 Å². The Bertz CT molecular complexity index is 750. The zero-order valence-electron chi connectivity index (χ0n) is 15.2. The molecule has 1 heterocycles. The molecule has 1 aliphatic heterocycles. The quantitative estimate of drug-likeness (QED) is 0.806. The van der Waals surface area contributed by atoms with Gasteiger partial charge in [-0.1, -0.05) is 36.4 Å². The maximum atomic E-state index is 13.2. The summed E-state index contributed by atoms with van der Waals surface area (Å²) in [6.45, 7) is 4.08. The molecule has 5 heteroatoms. The highest BCUT2D eigenvalue weighted by Gasteiger charge is 2.15. The van der Waals surface area contributed by atoms with Crippen molar-refractivity contribution in [3.8, 4) is 0 Å². The Kier molecular flexibility index (Phi) is 6.23. The largest absolute Gasteiger partial charge is 0.338 e. The Labute approximate surface area is 154 Å². The molecule has 1 N–H and O–H groups in total. The molecular weight excluding hydrogens is 329 g/mol. The van der Waals surface area contributed by atoms with Crippen molar-refractivity contribution in [2.45, 2.75) is 25.9 Å². The second-order valence-electron chi connectivity index (χ2n) is 6.87. The predicted molar refractivity (Wildman–Crippen MR) is 101 cm³/mol. The molecule has 0 saturated heterocycles. The van der Waals surface area contributed by atoms with Crippen LogP contribution < -0.4 is 5.32 Å². The molecule has 138 valence electrons. The Morgan fingerprint density at radius 1 is 1.19 bits per heavy atom. The van der Waals surface area contributed by atoms with Gasteiger partial charge >= 0.3 is 6.03 Å². The van der Waals surface area contributed by atoms with Crippen LogP contribution in [-0.2, 0) is 19.5 Å². The summed E-state index contributed by atoms with van der Waals surface area (Å²) in [5, 5.41) is 2.94. The average Bonchev–Trinajstić information content (AvgIpc) is 2.65. The number of carbonyl (C=O) groups is 1. The van der Waals surface area contributed by atoms with Gasteiger partial charge in [-0.15, -0.1) is 0 Å². The smallest absolute Gasteiger partial charge is 0.317 e. The van der Waals surface area contributed by atoms with E-state index in [1.807, 2.05) is 6.07 Å². The normalized spacial score (nSPS) is 13.9. The third-order valence-electron chi connectivity index (χ3n) is 4.79. The van der Waals surface area contributed by atoms with Gasteiger partial charge in [0.05, 0.1) is 0 Å². The predicted octanol–water partition coefficient (Wildman–Crippen LogP) is 3.42. The van der Waals surface area contributed by atoms with E-state index >= 15 is 0 Å². The van der Waals surface area contributed by atoms with E-state index in [-0.39, 0.29) is 11.8 Å². The van der Waals surface area contributed by atoms with Crippen molar-refractivity contribution in [3.63, 3.8) is 0 Å². The maximum absolute atomic E-state index is 13.2. The Balaban J connectivity index is 1.36. The summed E-state index contributed by atoms with van der Waals surface area (Å²) in [6.07, 6.45) is 2.01. The average molecular weight is 355 g/mol. The zero-order chi connectivity index (χ0) is 18.4. The van der Waals surface area contributed by atoms with Gasteiger partial charge in [0.1, 0.15) is 5.82 Å². The van der Waals surface area contributed by atoms with Crippen molar-refractivity contribution in [3.05, 3.63) is 71.0 Å². The van der Waals surface area contributed by atoms with Gasteiger partial charge < -0.3 is 10.2 Å². The topological polar surface area (TPSA) is 35.6 Å². The van der Waals surface area contributed by atoms with Gasteiger partial charge in [-0.3, -0.25) is 4.90 Å². The van der Waals surface area contributed by atoms with Gasteiger partial charge in [-0.2, -0.15) is 0 Å². The van der Waals surface area contributed by atoms with Crippen LogP contribution >= 0.6 is 0 Å². The summed E-state index contributed by atoms with van der Waals surface area (Å²) < 4.78 is 13.2. The number of hydrogen-bond donors (Lipinski definition) is 1. The molecular formula is C21H26FN3O. The molecule has 1 aliphatic rings. The number of hydrogen-bond acceptors (Lipinski definition) is 2. The van der Waals surface area contributed by atoms with Crippen molar-refractivity contribution in [2.24, 2.45) is 0 Å². The van der Waals surface area contributed by atoms with Gasteiger partial charge in [0, 0.05) is 39.8 Å². The number of benzene rings is 2. The molecule has 0 bridgehead atoms. The van der Waals surface area contributed by atoms with Crippen LogP contribution in [0.1, 0.15) is 23.1 Å². The van der Waals surface area contributed by atoms with Crippen LogP contribution in [0.25, 0.3) is 0 Å².